The number of piperazine rings is 2. The van der Waals surface area contributed by atoms with Crippen LogP contribution in [0.5, 0.6) is 17.2 Å². The number of nitro groups is 1. The van der Waals surface area contributed by atoms with E-state index < -0.39 is 31.4 Å². The average Bonchev–Trinajstić information content (AvgIpc) is 3.78. The molecule has 1 atom stereocenters. The third kappa shape index (κ3) is 10.0. The summed E-state index contributed by atoms with van der Waals surface area (Å²) in [5, 5.41) is 17.2. The van der Waals surface area contributed by atoms with E-state index in [1.165, 1.54) is 29.0 Å². The molecule has 5 aliphatic rings. The van der Waals surface area contributed by atoms with Gasteiger partial charge in [-0.25, -0.2) is 18.1 Å². The number of rotatable bonds is 13. The quantitative estimate of drug-likeness (QED) is 0.0808. The first-order valence-electron chi connectivity index (χ1n) is 23.3. The third-order valence-electron chi connectivity index (χ3n) is 13.9. The van der Waals surface area contributed by atoms with Gasteiger partial charge in [0.05, 0.1) is 46.9 Å². The fourth-order valence-corrected chi connectivity index (χ4v) is 11.1. The van der Waals surface area contributed by atoms with Gasteiger partial charge in [0.2, 0.25) is 0 Å². The number of nitro benzene ring substituents is 1. The number of nitrogens with zero attached hydrogens (tertiary/aromatic N) is 6. The molecule has 6 heterocycles. The van der Waals surface area contributed by atoms with Crippen LogP contribution in [-0.2, 0) is 14.8 Å². The second-order valence-corrected chi connectivity index (χ2v) is 21.4. The molecule has 0 unspecified atom stereocenters. The number of pyridine rings is 1. The highest BCUT2D eigenvalue weighted by Crippen LogP contribution is 2.44. The summed E-state index contributed by atoms with van der Waals surface area (Å²) in [6.45, 7) is 14.4. The van der Waals surface area contributed by atoms with Gasteiger partial charge < -0.3 is 29.4 Å². The van der Waals surface area contributed by atoms with Gasteiger partial charge in [0.25, 0.3) is 21.6 Å². The highest BCUT2D eigenvalue weighted by molar-refractivity contribution is 7.90. The number of hydrogen-bond acceptors (Lipinski definition) is 14. The molecule has 1 amide bonds. The molecule has 2 aromatic heterocycles. The number of halogens is 1. The zero-order chi connectivity index (χ0) is 47.2. The van der Waals surface area contributed by atoms with E-state index in [-0.39, 0.29) is 40.8 Å². The lowest BCUT2D eigenvalue weighted by atomic mass is 9.72. The van der Waals surface area contributed by atoms with Gasteiger partial charge in [0, 0.05) is 106 Å². The first-order valence-corrected chi connectivity index (χ1v) is 25.1. The standard InChI is InChI=1S/C49H56ClN9O8S/c1-49(2)11-9-34(42(25-49)32-3-5-35(50)6-4-32)27-55-13-17-57(18-14-55)37-7-8-41(44(22-37)67-39-21-33-10-12-51-47(33)52-26-39)48(60)54-68(63,64)40-23-43(59(61)62)46-45(24-40)66-29-36(53-46)28-56-15-19-58(20-16-56)38-30-65-31-38/h3-8,10,12,21-24,26,36,38,53H,9,11,13-20,25,27-31H2,1-2H3,(H,51,52)(H,54,60)/t36-/m0/s1. The Labute approximate surface area is 400 Å². The largest absolute Gasteiger partial charge is 0.489 e. The predicted octanol–water partition coefficient (Wildman–Crippen LogP) is 7.01. The summed E-state index contributed by atoms with van der Waals surface area (Å²) < 4.78 is 47.9. The number of amides is 1. The number of carbonyl (C=O) groups is 1. The van der Waals surface area contributed by atoms with Crippen LogP contribution in [-0.4, -0.2) is 141 Å². The van der Waals surface area contributed by atoms with Crippen LogP contribution in [0.3, 0.4) is 0 Å². The van der Waals surface area contributed by atoms with Gasteiger partial charge in [-0.1, -0.05) is 43.2 Å². The van der Waals surface area contributed by atoms with Crippen molar-refractivity contribution in [2.24, 2.45) is 5.41 Å². The van der Waals surface area contributed by atoms with Crippen molar-refractivity contribution < 1.29 is 32.3 Å². The molecular formula is C49H56ClN9O8S. The second kappa shape index (κ2) is 19.0. The molecule has 4 aliphatic heterocycles. The minimum absolute atomic E-state index is 0.0145. The van der Waals surface area contributed by atoms with Crippen LogP contribution in [0.15, 0.2) is 89.6 Å². The number of ether oxygens (including phenoxy) is 3. The summed E-state index contributed by atoms with van der Waals surface area (Å²) in [5.74, 6) is -0.501. The molecule has 3 fully saturated rings. The van der Waals surface area contributed by atoms with Gasteiger partial charge in [-0.05, 0) is 72.2 Å². The van der Waals surface area contributed by atoms with E-state index in [0.29, 0.717) is 37.1 Å². The number of sulfonamides is 1. The van der Waals surface area contributed by atoms with Crippen molar-refractivity contribution in [2.75, 3.05) is 95.5 Å². The number of fused-ring (bicyclic) bond motifs is 2. The minimum atomic E-state index is -4.66. The molecule has 19 heteroatoms. The van der Waals surface area contributed by atoms with E-state index in [2.05, 4.69) is 65.6 Å². The first kappa shape index (κ1) is 46.0. The van der Waals surface area contributed by atoms with Crippen molar-refractivity contribution >= 4 is 61.2 Å². The maximum absolute atomic E-state index is 14.1. The maximum Gasteiger partial charge on any atom is 0.297 e. The maximum atomic E-state index is 14.1. The molecule has 0 radical (unpaired) electrons. The second-order valence-electron chi connectivity index (χ2n) is 19.2. The molecule has 0 bridgehead atoms. The number of allylic oxidation sites excluding steroid dienone is 1. The highest BCUT2D eigenvalue weighted by atomic mass is 35.5. The fraction of sp³-hybridized carbons (Fsp3) is 0.429. The van der Waals surface area contributed by atoms with Crippen LogP contribution < -0.4 is 24.4 Å². The van der Waals surface area contributed by atoms with Crippen LogP contribution in [0.2, 0.25) is 5.02 Å². The van der Waals surface area contributed by atoms with E-state index in [9.17, 15) is 23.3 Å². The van der Waals surface area contributed by atoms with Gasteiger partial charge in [-0.15, -0.1) is 0 Å². The number of carbonyl (C=O) groups excluding carboxylic acids is 1. The smallest absolute Gasteiger partial charge is 0.297 e. The van der Waals surface area contributed by atoms with Gasteiger partial charge in [-0.3, -0.25) is 29.6 Å². The Bertz CT molecular complexity index is 2850. The summed E-state index contributed by atoms with van der Waals surface area (Å²) in [5.41, 5.74) is 5.34. The normalized spacial score (nSPS) is 20.6. The molecular weight excluding hydrogens is 910 g/mol. The number of aromatic amines is 1. The lowest BCUT2D eigenvalue weighted by Gasteiger charge is -2.43. The van der Waals surface area contributed by atoms with Crippen molar-refractivity contribution in [1.29, 1.82) is 0 Å². The third-order valence-corrected chi connectivity index (χ3v) is 15.5. The Kier molecular flexibility index (Phi) is 12.8. The topological polar surface area (TPSA) is 188 Å². The summed E-state index contributed by atoms with van der Waals surface area (Å²) in [7, 11) is -4.66. The molecule has 3 saturated heterocycles. The van der Waals surface area contributed by atoms with Crippen molar-refractivity contribution in [3.05, 3.63) is 111 Å². The first-order chi connectivity index (χ1) is 32.7. The lowest BCUT2D eigenvalue weighted by molar-refractivity contribution is -0.384. The van der Waals surface area contributed by atoms with Crippen molar-refractivity contribution in [3.63, 3.8) is 0 Å². The van der Waals surface area contributed by atoms with Gasteiger partial charge in [-0.2, -0.15) is 0 Å². The molecule has 5 aromatic rings. The van der Waals surface area contributed by atoms with E-state index in [0.717, 1.165) is 100 Å². The van der Waals surface area contributed by atoms with Crippen molar-refractivity contribution in [2.45, 2.75) is 50.1 Å². The molecule has 358 valence electrons. The molecule has 0 spiro atoms. The van der Waals surface area contributed by atoms with E-state index in [4.69, 9.17) is 25.8 Å². The Hall–Kier alpha value is -5.76. The summed E-state index contributed by atoms with van der Waals surface area (Å²) in [6.07, 6.45) is 6.47. The zero-order valence-electron chi connectivity index (χ0n) is 38.2. The zero-order valence-corrected chi connectivity index (χ0v) is 39.8. The number of benzene rings is 3. The molecule has 1 aliphatic carbocycles. The molecule has 0 saturated carbocycles. The molecule has 10 rings (SSSR count). The van der Waals surface area contributed by atoms with Crippen LogP contribution in [0.25, 0.3) is 16.6 Å². The Morgan fingerprint density at radius 2 is 1.74 bits per heavy atom. The number of H-pyrrole nitrogens is 1. The number of aromatic nitrogens is 2. The number of hydrogen-bond donors (Lipinski definition) is 3. The van der Waals surface area contributed by atoms with Crippen molar-refractivity contribution in [1.82, 2.24) is 29.4 Å². The van der Waals surface area contributed by atoms with Crippen LogP contribution in [0.1, 0.15) is 49.0 Å². The summed E-state index contributed by atoms with van der Waals surface area (Å²) in [6, 6.07) is 19.2. The molecule has 3 aromatic carbocycles. The van der Waals surface area contributed by atoms with E-state index >= 15 is 0 Å². The molecule has 17 nitrogen and oxygen atoms in total. The number of anilines is 2. The average molecular weight is 967 g/mol. The van der Waals surface area contributed by atoms with Crippen LogP contribution in [0, 0.1) is 15.5 Å². The number of nitrogens with one attached hydrogen (secondary N) is 3. The van der Waals surface area contributed by atoms with Gasteiger partial charge >= 0.3 is 0 Å². The van der Waals surface area contributed by atoms with Gasteiger partial charge in [0.15, 0.2) is 11.4 Å². The molecule has 68 heavy (non-hydrogen) atoms. The predicted molar refractivity (Wildman–Crippen MR) is 261 cm³/mol. The summed E-state index contributed by atoms with van der Waals surface area (Å²) >= 11 is 6.26. The van der Waals surface area contributed by atoms with Crippen molar-refractivity contribution in [3.8, 4) is 17.2 Å². The Balaban J connectivity index is 0.850. The Morgan fingerprint density at radius 3 is 2.47 bits per heavy atom. The highest BCUT2D eigenvalue weighted by Gasteiger charge is 2.35. The van der Waals surface area contributed by atoms with Crippen LogP contribution in [0.4, 0.5) is 17.1 Å². The molecule has 3 N–H and O–H groups in total. The lowest BCUT2D eigenvalue weighted by Crippen LogP contribution is -2.58. The summed E-state index contributed by atoms with van der Waals surface area (Å²) in [4.78, 5) is 42.4. The minimum Gasteiger partial charge on any atom is -0.489 e. The van der Waals surface area contributed by atoms with Gasteiger partial charge in [0.1, 0.15) is 23.8 Å². The fourth-order valence-electron chi connectivity index (χ4n) is 9.94. The van der Waals surface area contributed by atoms with Crippen LogP contribution >= 0.6 is 11.6 Å². The van der Waals surface area contributed by atoms with E-state index in [1.807, 2.05) is 18.2 Å². The SMILES string of the molecule is CC1(C)CCC(CN2CCN(c3ccc(C(=O)NS(=O)(=O)c4cc5c(c([N+](=O)[O-])c4)N[C@@H](CN4CCN(C6COC6)CC4)CO5)c(Oc4cnc5[nH]ccc5c4)c3)CC2)=C(c2ccc(Cl)cc2)C1. The van der Waals surface area contributed by atoms with E-state index in [1.54, 1.807) is 30.5 Å². The Morgan fingerprint density at radius 1 is 0.971 bits per heavy atom. The monoisotopic (exact) mass is 965 g/mol.